The first kappa shape index (κ1) is 9.03. The molecule has 0 atom stereocenters. The number of rotatable bonds is 0. The molecule has 4 heavy (non-hydrogen) atoms. The molecule has 0 spiro atoms. The van der Waals surface area contributed by atoms with Crippen LogP contribution < -0.4 is 0 Å². The van der Waals surface area contributed by atoms with Crippen molar-refractivity contribution < 1.29 is 4.79 Å². The second kappa shape index (κ2) is 12.3. The van der Waals surface area contributed by atoms with Crippen molar-refractivity contribution in [1.29, 1.82) is 0 Å². The Balaban J connectivity index is 0. The van der Waals surface area contributed by atoms with Gasteiger partial charge in [0.25, 0.3) is 0 Å². The molecular formula is C2H4ClO. The standard InChI is InChI=1S/C2H3O.ClH/c1-2-3;/h2H,1H2;1H. The zero-order valence-electron chi connectivity index (χ0n) is 2.10. The van der Waals surface area contributed by atoms with Crippen LogP contribution in [0, 0.1) is 6.92 Å². The molecule has 25 valence electrons. The van der Waals surface area contributed by atoms with Crippen LogP contribution >= 0.6 is 12.4 Å². The molecule has 2 heteroatoms. The second-order valence-corrected chi connectivity index (χ2v) is 0.167. The molecule has 0 aromatic rings. The molecule has 0 rings (SSSR count). The highest BCUT2D eigenvalue weighted by Crippen LogP contribution is 1.10. The van der Waals surface area contributed by atoms with Gasteiger partial charge in [-0.25, -0.2) is 0 Å². The van der Waals surface area contributed by atoms with Crippen LogP contribution in [0.4, 0.5) is 0 Å². The van der Waals surface area contributed by atoms with E-state index in [4.69, 9.17) is 4.79 Å². The Morgan fingerprint density at radius 2 is 1.75 bits per heavy atom. The summed E-state index contributed by atoms with van der Waals surface area (Å²) < 4.78 is 0. The fraction of sp³-hybridized carbons (Fsp3) is 0. The van der Waals surface area contributed by atoms with E-state index in [1.807, 2.05) is 0 Å². The van der Waals surface area contributed by atoms with Gasteiger partial charge in [-0.15, -0.1) is 12.4 Å². The average molecular weight is 79.5 g/mol. The highest BCUT2D eigenvalue weighted by molar-refractivity contribution is 5.85. The smallest absolute Gasteiger partial charge is 0.120 e. The zero-order valence-corrected chi connectivity index (χ0v) is 2.92. The molecule has 0 saturated carbocycles. The third kappa shape index (κ3) is 1130. The monoisotopic (exact) mass is 79.0 g/mol. The van der Waals surface area contributed by atoms with Crippen molar-refractivity contribution in [3.63, 3.8) is 0 Å². The van der Waals surface area contributed by atoms with E-state index in [-0.39, 0.29) is 12.4 Å². The number of carbonyl (C=O) groups excluding carboxylic acids is 1. The fourth-order valence-electron chi connectivity index (χ4n) is 0. The van der Waals surface area contributed by atoms with Crippen LogP contribution in [-0.4, -0.2) is 6.29 Å². The van der Waals surface area contributed by atoms with Crippen molar-refractivity contribution in [3.05, 3.63) is 6.92 Å². The average Bonchev–Trinajstić information content (AvgIpc) is 0.918. The van der Waals surface area contributed by atoms with Crippen LogP contribution in [0.25, 0.3) is 0 Å². The van der Waals surface area contributed by atoms with E-state index in [1.165, 1.54) is 0 Å². The van der Waals surface area contributed by atoms with E-state index in [0.717, 1.165) is 0 Å². The third-order valence-electron chi connectivity index (χ3n) is 0. The van der Waals surface area contributed by atoms with Gasteiger partial charge in [-0.1, -0.05) is 0 Å². The van der Waals surface area contributed by atoms with Crippen molar-refractivity contribution in [2.45, 2.75) is 0 Å². The Morgan fingerprint density at radius 3 is 1.75 bits per heavy atom. The van der Waals surface area contributed by atoms with E-state index in [9.17, 15) is 0 Å². The Hall–Kier alpha value is -0.0400. The van der Waals surface area contributed by atoms with Crippen molar-refractivity contribution in [2.75, 3.05) is 0 Å². The topological polar surface area (TPSA) is 17.1 Å². The van der Waals surface area contributed by atoms with E-state index in [0.29, 0.717) is 6.29 Å². The molecule has 0 aromatic heterocycles. The Kier molecular flexibility index (Phi) is 27.9. The summed E-state index contributed by atoms with van der Waals surface area (Å²) in [5.41, 5.74) is 0. The number of carbonyl (C=O) groups is 1. The number of halogens is 1. The fourth-order valence-corrected chi connectivity index (χ4v) is 0. The van der Waals surface area contributed by atoms with E-state index in [2.05, 4.69) is 6.92 Å². The van der Waals surface area contributed by atoms with Gasteiger partial charge in [0.15, 0.2) is 0 Å². The van der Waals surface area contributed by atoms with E-state index in [1.54, 1.807) is 0 Å². The van der Waals surface area contributed by atoms with Crippen molar-refractivity contribution in [1.82, 2.24) is 0 Å². The zero-order chi connectivity index (χ0) is 2.71. The Bertz CT molecular complexity index is 13.5. The number of hydrogen-bond donors (Lipinski definition) is 0. The maximum absolute atomic E-state index is 8.69. The van der Waals surface area contributed by atoms with Crippen LogP contribution in [0.15, 0.2) is 0 Å². The van der Waals surface area contributed by atoms with E-state index < -0.39 is 0 Å². The molecule has 0 unspecified atom stereocenters. The summed E-state index contributed by atoms with van der Waals surface area (Å²) in [6, 6.07) is 0. The van der Waals surface area contributed by atoms with Gasteiger partial charge in [0.05, 0.1) is 0 Å². The normalized spacial score (nSPS) is 3.25. The maximum atomic E-state index is 8.69. The minimum atomic E-state index is 0. The summed E-state index contributed by atoms with van der Waals surface area (Å²) in [5.74, 6) is 0. The SMILES string of the molecule is Cl.[CH2]C=O. The summed E-state index contributed by atoms with van der Waals surface area (Å²) in [4.78, 5) is 8.69. The van der Waals surface area contributed by atoms with Crippen LogP contribution in [0.3, 0.4) is 0 Å². The first-order valence-corrected chi connectivity index (χ1v) is 0.644. The van der Waals surface area contributed by atoms with Crippen LogP contribution in [-0.2, 0) is 4.79 Å². The molecule has 1 radical (unpaired) electrons. The van der Waals surface area contributed by atoms with Crippen molar-refractivity contribution in [2.24, 2.45) is 0 Å². The summed E-state index contributed by atoms with van der Waals surface area (Å²) >= 11 is 0. The minimum Gasteiger partial charge on any atom is -0.303 e. The van der Waals surface area contributed by atoms with Gasteiger partial charge in [-0.2, -0.15) is 0 Å². The molecular weight excluding hydrogens is 75.5 g/mol. The first-order valence-electron chi connectivity index (χ1n) is 0.644. The molecule has 0 fully saturated rings. The van der Waals surface area contributed by atoms with Crippen LogP contribution in [0.5, 0.6) is 0 Å². The molecule has 0 heterocycles. The predicted molar refractivity (Wildman–Crippen MR) is 18.7 cm³/mol. The van der Waals surface area contributed by atoms with Gasteiger partial charge < -0.3 is 4.79 Å². The lowest BCUT2D eigenvalue weighted by molar-refractivity contribution is -0.104. The minimum absolute atomic E-state index is 0. The highest BCUT2D eigenvalue weighted by atomic mass is 35.5. The largest absolute Gasteiger partial charge is 0.303 e. The molecule has 1 nitrogen and oxygen atoms in total. The second-order valence-electron chi connectivity index (χ2n) is 0.167. The van der Waals surface area contributed by atoms with Gasteiger partial charge in [-0.3, -0.25) is 0 Å². The number of aldehydes is 1. The van der Waals surface area contributed by atoms with Gasteiger partial charge in [0.1, 0.15) is 6.29 Å². The van der Waals surface area contributed by atoms with Crippen molar-refractivity contribution >= 4 is 18.7 Å². The summed E-state index contributed by atoms with van der Waals surface area (Å²) in [5, 5.41) is 0. The molecule has 0 aliphatic heterocycles. The molecule has 0 aliphatic rings. The molecule has 0 saturated heterocycles. The first-order chi connectivity index (χ1) is 1.41. The van der Waals surface area contributed by atoms with Crippen molar-refractivity contribution in [3.8, 4) is 0 Å². The molecule has 0 aromatic carbocycles. The summed E-state index contributed by atoms with van der Waals surface area (Å²) in [6.45, 7) is 2.81. The van der Waals surface area contributed by atoms with Gasteiger partial charge >= 0.3 is 0 Å². The van der Waals surface area contributed by atoms with Crippen LogP contribution in [0.2, 0.25) is 0 Å². The lowest BCUT2D eigenvalue weighted by Crippen LogP contribution is -1.37. The summed E-state index contributed by atoms with van der Waals surface area (Å²) in [6.07, 6.45) is 0.500. The van der Waals surface area contributed by atoms with Gasteiger partial charge in [0, 0.05) is 6.92 Å². The number of hydrogen-bond acceptors (Lipinski definition) is 1. The van der Waals surface area contributed by atoms with Crippen LogP contribution in [0.1, 0.15) is 0 Å². The molecule has 0 amide bonds. The molecule has 0 bridgehead atoms. The quantitative estimate of drug-likeness (QED) is 0.385. The highest BCUT2D eigenvalue weighted by Gasteiger charge is 1.25. The summed E-state index contributed by atoms with van der Waals surface area (Å²) in [7, 11) is 0. The predicted octanol–water partition coefficient (Wildman–Crippen LogP) is 0.441. The maximum Gasteiger partial charge on any atom is 0.120 e. The Morgan fingerprint density at radius 1 is 1.75 bits per heavy atom. The lowest BCUT2D eigenvalue weighted by atomic mass is 11.0. The van der Waals surface area contributed by atoms with Gasteiger partial charge in [0.2, 0.25) is 0 Å². The van der Waals surface area contributed by atoms with Gasteiger partial charge in [-0.05, 0) is 0 Å². The molecule has 0 N–H and O–H groups in total. The molecule has 0 aliphatic carbocycles. The lowest BCUT2D eigenvalue weighted by Gasteiger charge is -1.23. The third-order valence-corrected chi connectivity index (χ3v) is 0. The Labute approximate surface area is 31.4 Å². The van der Waals surface area contributed by atoms with E-state index >= 15 is 0 Å².